The quantitative estimate of drug-likeness (QED) is 0.842. The van der Waals surface area contributed by atoms with Gasteiger partial charge in [-0.25, -0.2) is 9.78 Å². The number of aromatic carboxylic acids is 1. The van der Waals surface area contributed by atoms with Crippen LogP contribution >= 0.6 is 0 Å². The zero-order chi connectivity index (χ0) is 19.7. The lowest BCUT2D eigenvalue weighted by Crippen LogP contribution is -2.39. The van der Waals surface area contributed by atoms with Crippen molar-refractivity contribution in [1.29, 1.82) is 0 Å². The third-order valence-electron chi connectivity index (χ3n) is 4.61. The number of hydrogen-bond donors (Lipinski definition) is 2. The fourth-order valence-electron chi connectivity index (χ4n) is 3.30. The predicted molar refractivity (Wildman–Crippen MR) is 95.2 cm³/mol. The highest BCUT2D eigenvalue weighted by Gasteiger charge is 2.32. The molecule has 0 saturated heterocycles. The molecule has 8 heteroatoms. The minimum absolute atomic E-state index is 0.0435. The van der Waals surface area contributed by atoms with Crippen molar-refractivity contribution in [3.05, 3.63) is 52.3 Å². The molecule has 2 N–H and O–H groups in total. The molecule has 0 radical (unpaired) electrons. The Morgan fingerprint density at radius 3 is 2.41 bits per heavy atom. The maximum atomic E-state index is 12.9. The van der Waals surface area contributed by atoms with Gasteiger partial charge in [-0.15, -0.1) is 0 Å². The SMILES string of the molecule is COc1ccc(OC)c2c1CN(C(=O)c1ccc(C(=O)O)c(C)n1)CC2O. The van der Waals surface area contributed by atoms with E-state index >= 15 is 0 Å². The van der Waals surface area contributed by atoms with E-state index in [-0.39, 0.29) is 30.0 Å². The van der Waals surface area contributed by atoms with Crippen molar-refractivity contribution in [2.45, 2.75) is 19.6 Å². The van der Waals surface area contributed by atoms with Crippen LogP contribution in [-0.4, -0.2) is 52.7 Å². The van der Waals surface area contributed by atoms with Gasteiger partial charge in [0.15, 0.2) is 0 Å². The molecule has 0 aliphatic carbocycles. The fourth-order valence-corrected chi connectivity index (χ4v) is 3.30. The number of aromatic nitrogens is 1. The zero-order valence-electron chi connectivity index (χ0n) is 15.2. The maximum absolute atomic E-state index is 12.9. The molecule has 1 aromatic carbocycles. The van der Waals surface area contributed by atoms with Gasteiger partial charge in [-0.1, -0.05) is 0 Å². The van der Waals surface area contributed by atoms with E-state index in [4.69, 9.17) is 14.6 Å². The molecule has 2 heterocycles. The largest absolute Gasteiger partial charge is 0.496 e. The number of carboxylic acids is 1. The molecule has 1 aliphatic heterocycles. The Morgan fingerprint density at radius 1 is 1.15 bits per heavy atom. The molecular weight excluding hydrogens is 352 g/mol. The van der Waals surface area contributed by atoms with Gasteiger partial charge in [0, 0.05) is 11.1 Å². The smallest absolute Gasteiger partial charge is 0.337 e. The normalized spacial score (nSPS) is 15.9. The number of carbonyl (C=O) groups excluding carboxylic acids is 1. The number of aryl methyl sites for hydroxylation is 1. The first-order valence-electron chi connectivity index (χ1n) is 8.29. The van der Waals surface area contributed by atoms with Gasteiger partial charge in [0.25, 0.3) is 5.91 Å². The van der Waals surface area contributed by atoms with Gasteiger partial charge < -0.3 is 24.6 Å². The number of aliphatic hydroxyl groups is 1. The van der Waals surface area contributed by atoms with Gasteiger partial charge >= 0.3 is 5.97 Å². The van der Waals surface area contributed by atoms with Crippen LogP contribution in [0, 0.1) is 6.92 Å². The number of nitrogens with zero attached hydrogens (tertiary/aromatic N) is 2. The maximum Gasteiger partial charge on any atom is 0.337 e. The fraction of sp³-hybridized carbons (Fsp3) is 0.316. The number of carboxylic acid groups (broad SMARTS) is 1. The highest BCUT2D eigenvalue weighted by molar-refractivity contribution is 5.94. The summed E-state index contributed by atoms with van der Waals surface area (Å²) in [7, 11) is 3.04. The van der Waals surface area contributed by atoms with Crippen LogP contribution in [0.5, 0.6) is 11.5 Å². The van der Waals surface area contributed by atoms with Crippen molar-refractivity contribution in [3.8, 4) is 11.5 Å². The number of benzene rings is 1. The van der Waals surface area contributed by atoms with E-state index in [0.29, 0.717) is 22.6 Å². The summed E-state index contributed by atoms with van der Waals surface area (Å²) in [5, 5.41) is 19.7. The van der Waals surface area contributed by atoms with Crippen LogP contribution in [0.15, 0.2) is 24.3 Å². The van der Waals surface area contributed by atoms with Crippen LogP contribution in [0.2, 0.25) is 0 Å². The summed E-state index contributed by atoms with van der Waals surface area (Å²) in [6, 6.07) is 6.18. The third kappa shape index (κ3) is 3.31. The lowest BCUT2D eigenvalue weighted by Gasteiger charge is -2.33. The second-order valence-corrected chi connectivity index (χ2v) is 6.20. The summed E-state index contributed by atoms with van der Waals surface area (Å²) in [5.41, 5.74) is 1.69. The summed E-state index contributed by atoms with van der Waals surface area (Å²) in [4.78, 5) is 29.6. The van der Waals surface area contributed by atoms with E-state index in [0.717, 1.165) is 0 Å². The molecule has 1 aliphatic rings. The second-order valence-electron chi connectivity index (χ2n) is 6.20. The van der Waals surface area contributed by atoms with Crippen molar-refractivity contribution in [2.75, 3.05) is 20.8 Å². The first kappa shape index (κ1) is 18.7. The summed E-state index contributed by atoms with van der Waals surface area (Å²) < 4.78 is 10.7. The number of fused-ring (bicyclic) bond motifs is 1. The van der Waals surface area contributed by atoms with Gasteiger partial charge in [-0.3, -0.25) is 4.79 Å². The Kier molecular flexibility index (Phi) is 5.00. The molecule has 8 nitrogen and oxygen atoms in total. The number of carbonyl (C=O) groups is 2. The van der Waals surface area contributed by atoms with Crippen molar-refractivity contribution < 1.29 is 29.3 Å². The molecule has 1 aromatic heterocycles. The Hall–Kier alpha value is -3.13. The summed E-state index contributed by atoms with van der Waals surface area (Å²) in [6.45, 7) is 1.82. The van der Waals surface area contributed by atoms with Gasteiger partial charge in [0.2, 0.25) is 0 Å². The monoisotopic (exact) mass is 372 g/mol. The molecule has 0 spiro atoms. The Bertz CT molecular complexity index is 911. The molecule has 1 unspecified atom stereocenters. The lowest BCUT2D eigenvalue weighted by atomic mass is 9.95. The minimum atomic E-state index is -1.10. The summed E-state index contributed by atoms with van der Waals surface area (Å²) in [5.74, 6) is -0.416. The molecule has 1 amide bonds. The first-order valence-corrected chi connectivity index (χ1v) is 8.29. The average Bonchev–Trinajstić information content (AvgIpc) is 2.65. The van der Waals surface area contributed by atoms with Crippen LogP contribution in [0.4, 0.5) is 0 Å². The number of aliphatic hydroxyl groups excluding tert-OH is 1. The van der Waals surface area contributed by atoms with Gasteiger partial charge in [-0.05, 0) is 31.2 Å². The van der Waals surface area contributed by atoms with Crippen molar-refractivity contribution in [3.63, 3.8) is 0 Å². The molecule has 142 valence electrons. The topological polar surface area (TPSA) is 109 Å². The van der Waals surface area contributed by atoms with E-state index in [1.54, 1.807) is 12.1 Å². The molecule has 1 atom stereocenters. The minimum Gasteiger partial charge on any atom is -0.496 e. The molecular formula is C19H20N2O6. The second kappa shape index (κ2) is 7.24. The van der Waals surface area contributed by atoms with Crippen molar-refractivity contribution >= 4 is 11.9 Å². The molecule has 0 saturated carbocycles. The number of pyridine rings is 1. The van der Waals surface area contributed by atoms with Gasteiger partial charge in [0.1, 0.15) is 23.3 Å². The molecule has 0 bridgehead atoms. The number of β-amino-alcohol motifs (C(OH)–C–C–N with tert-alkyl or cyclic N) is 1. The van der Waals surface area contributed by atoms with Crippen molar-refractivity contribution in [1.82, 2.24) is 9.88 Å². The summed E-state index contributed by atoms with van der Waals surface area (Å²) in [6.07, 6.45) is -0.942. The zero-order valence-corrected chi connectivity index (χ0v) is 15.2. The van der Waals surface area contributed by atoms with Gasteiger partial charge in [-0.2, -0.15) is 0 Å². The Morgan fingerprint density at radius 2 is 1.81 bits per heavy atom. The Labute approximate surface area is 156 Å². The number of rotatable bonds is 4. The van der Waals surface area contributed by atoms with Crippen LogP contribution < -0.4 is 9.47 Å². The lowest BCUT2D eigenvalue weighted by molar-refractivity contribution is 0.0532. The van der Waals surface area contributed by atoms with Gasteiger partial charge in [0.05, 0.1) is 38.6 Å². The Balaban J connectivity index is 1.96. The highest BCUT2D eigenvalue weighted by Crippen LogP contribution is 2.39. The van der Waals surface area contributed by atoms with E-state index in [2.05, 4.69) is 4.98 Å². The molecule has 0 fully saturated rings. The van der Waals surface area contributed by atoms with Crippen LogP contribution in [0.3, 0.4) is 0 Å². The van der Waals surface area contributed by atoms with Crippen LogP contribution in [-0.2, 0) is 6.54 Å². The van der Waals surface area contributed by atoms with E-state index in [1.807, 2.05) is 0 Å². The molecule has 3 rings (SSSR count). The number of ether oxygens (including phenoxy) is 2. The average molecular weight is 372 g/mol. The standard InChI is InChI=1S/C19H20N2O6/c1-10-11(19(24)25)4-5-13(20-10)18(23)21-8-12-15(26-2)6-7-16(27-3)17(12)14(22)9-21/h4-7,14,22H,8-9H2,1-3H3,(H,24,25). The summed E-state index contributed by atoms with van der Waals surface area (Å²) >= 11 is 0. The van der Waals surface area contributed by atoms with E-state index < -0.39 is 18.0 Å². The number of hydrogen-bond acceptors (Lipinski definition) is 6. The van der Waals surface area contributed by atoms with Crippen LogP contribution in [0.25, 0.3) is 0 Å². The number of methoxy groups -OCH3 is 2. The third-order valence-corrected chi connectivity index (χ3v) is 4.61. The van der Waals surface area contributed by atoms with Crippen LogP contribution in [0.1, 0.15) is 43.8 Å². The molecule has 2 aromatic rings. The van der Waals surface area contributed by atoms with E-state index in [9.17, 15) is 14.7 Å². The van der Waals surface area contributed by atoms with Crippen molar-refractivity contribution in [2.24, 2.45) is 0 Å². The highest BCUT2D eigenvalue weighted by atomic mass is 16.5. The van der Waals surface area contributed by atoms with E-state index in [1.165, 1.54) is 38.2 Å². The molecule has 27 heavy (non-hydrogen) atoms. The first-order chi connectivity index (χ1) is 12.9. The predicted octanol–water partition coefficient (Wildman–Crippen LogP) is 1.79. The number of amides is 1.